The molecule has 2 saturated heterocycles. The van der Waals surface area contributed by atoms with Gasteiger partial charge in [0.1, 0.15) is 5.82 Å². The maximum Gasteiger partial charge on any atom is 0.229 e. The molecular formula is C21H28N8. The van der Waals surface area contributed by atoms with Crippen LogP contribution in [0.25, 0.3) is 0 Å². The van der Waals surface area contributed by atoms with Crippen LogP contribution in [0.15, 0.2) is 18.6 Å². The molecule has 152 valence electrons. The molecule has 2 aromatic heterocycles. The topological polar surface area (TPSA) is 85.9 Å². The number of nitrogens with one attached hydrogen (secondary N) is 1. The third-order valence-corrected chi connectivity index (χ3v) is 6.86. The van der Waals surface area contributed by atoms with Crippen LogP contribution in [0.4, 0.5) is 17.5 Å². The average Bonchev–Trinajstić information content (AvgIpc) is 3.34. The molecule has 0 amide bonds. The van der Waals surface area contributed by atoms with Crippen LogP contribution in [0.3, 0.4) is 0 Å². The van der Waals surface area contributed by atoms with E-state index in [4.69, 9.17) is 4.98 Å². The Kier molecular flexibility index (Phi) is 4.43. The summed E-state index contributed by atoms with van der Waals surface area (Å²) in [6.45, 7) is 6.04. The van der Waals surface area contributed by atoms with Gasteiger partial charge in [-0.2, -0.15) is 15.3 Å². The number of aromatic nitrogens is 4. The Bertz CT molecular complexity index is 926. The number of nitrogens with zero attached hydrogens (tertiary/aromatic N) is 7. The van der Waals surface area contributed by atoms with E-state index in [1.54, 1.807) is 10.9 Å². The van der Waals surface area contributed by atoms with E-state index in [-0.39, 0.29) is 5.54 Å². The fourth-order valence-electron chi connectivity index (χ4n) is 5.06. The average molecular weight is 393 g/mol. The zero-order chi connectivity index (χ0) is 20.0. The van der Waals surface area contributed by atoms with Crippen molar-refractivity contribution in [3.8, 4) is 6.07 Å². The zero-order valence-electron chi connectivity index (χ0n) is 17.2. The largest absolute Gasteiger partial charge is 0.352 e. The van der Waals surface area contributed by atoms with Crippen LogP contribution < -0.4 is 10.2 Å². The quantitative estimate of drug-likeness (QED) is 0.836. The zero-order valence-corrected chi connectivity index (χ0v) is 17.2. The second-order valence-electron chi connectivity index (χ2n) is 8.96. The van der Waals surface area contributed by atoms with Crippen LogP contribution in [0.2, 0.25) is 0 Å². The van der Waals surface area contributed by atoms with Crippen LogP contribution in [-0.2, 0) is 7.05 Å². The Balaban J connectivity index is 1.31. The Morgan fingerprint density at radius 1 is 1.24 bits per heavy atom. The van der Waals surface area contributed by atoms with Crippen LogP contribution in [0.5, 0.6) is 0 Å². The molecule has 0 spiro atoms. The fourth-order valence-corrected chi connectivity index (χ4v) is 5.06. The maximum atomic E-state index is 9.51. The molecule has 0 bridgehead atoms. The number of rotatable bonds is 5. The molecule has 8 nitrogen and oxygen atoms in total. The lowest BCUT2D eigenvalue weighted by molar-refractivity contribution is 0.0616. The highest BCUT2D eigenvalue weighted by Gasteiger charge is 2.50. The molecule has 3 aliphatic rings. The Labute approximate surface area is 171 Å². The third-order valence-electron chi connectivity index (χ3n) is 6.86. The first kappa shape index (κ1) is 18.4. The van der Waals surface area contributed by atoms with Gasteiger partial charge in [-0.25, -0.2) is 4.98 Å². The normalized spacial score (nSPS) is 25.5. The van der Waals surface area contributed by atoms with Gasteiger partial charge in [0.15, 0.2) is 0 Å². The predicted molar refractivity (Wildman–Crippen MR) is 111 cm³/mol. The second-order valence-corrected chi connectivity index (χ2v) is 8.96. The first-order valence-electron chi connectivity index (χ1n) is 10.5. The van der Waals surface area contributed by atoms with Gasteiger partial charge in [0.2, 0.25) is 5.95 Å². The van der Waals surface area contributed by atoms with Crippen molar-refractivity contribution in [2.75, 3.05) is 36.4 Å². The minimum absolute atomic E-state index is 0.0279. The van der Waals surface area contributed by atoms with Crippen molar-refractivity contribution in [2.24, 2.45) is 18.9 Å². The lowest BCUT2D eigenvalue weighted by Crippen LogP contribution is -2.70. The van der Waals surface area contributed by atoms with Crippen molar-refractivity contribution < 1.29 is 0 Å². The van der Waals surface area contributed by atoms with Crippen molar-refractivity contribution in [1.82, 2.24) is 24.6 Å². The molecular weight excluding hydrogens is 364 g/mol. The molecule has 1 aliphatic carbocycles. The van der Waals surface area contributed by atoms with Gasteiger partial charge in [-0.1, -0.05) is 0 Å². The minimum atomic E-state index is -0.0279. The van der Waals surface area contributed by atoms with Crippen LogP contribution in [-0.4, -0.2) is 56.4 Å². The van der Waals surface area contributed by atoms with Gasteiger partial charge in [-0.05, 0) is 51.1 Å². The van der Waals surface area contributed by atoms with Gasteiger partial charge in [0, 0.05) is 38.1 Å². The van der Waals surface area contributed by atoms with E-state index in [1.807, 2.05) is 26.4 Å². The summed E-state index contributed by atoms with van der Waals surface area (Å²) in [7, 11) is 1.88. The van der Waals surface area contributed by atoms with E-state index in [0.29, 0.717) is 12.4 Å². The number of anilines is 3. The second kappa shape index (κ2) is 6.99. The number of likely N-dealkylation sites (tertiary alicyclic amines) is 1. The van der Waals surface area contributed by atoms with Crippen LogP contribution in [0, 0.1) is 30.1 Å². The van der Waals surface area contributed by atoms with Gasteiger partial charge in [-0.15, -0.1) is 0 Å². The lowest BCUT2D eigenvalue weighted by Gasteiger charge is -2.55. The van der Waals surface area contributed by atoms with E-state index < -0.39 is 0 Å². The third kappa shape index (κ3) is 3.44. The van der Waals surface area contributed by atoms with Gasteiger partial charge in [-0.3, -0.25) is 9.58 Å². The molecule has 1 saturated carbocycles. The lowest BCUT2D eigenvalue weighted by atomic mass is 9.84. The molecule has 8 heteroatoms. The Hall–Kier alpha value is -2.66. The van der Waals surface area contributed by atoms with Crippen LogP contribution in [0.1, 0.15) is 31.2 Å². The SMILES string of the molecule is Cc1cnc(Nc2cnn(C)c2)nc1N1CC(CC#N)(N2CCC3CC3CC2)C1. The van der Waals surface area contributed by atoms with Gasteiger partial charge < -0.3 is 10.2 Å². The number of fused-ring (bicyclic) bond motifs is 1. The summed E-state index contributed by atoms with van der Waals surface area (Å²) in [5.41, 5.74) is 1.90. The van der Waals surface area contributed by atoms with E-state index in [1.165, 1.54) is 19.3 Å². The van der Waals surface area contributed by atoms with Crippen LogP contribution >= 0.6 is 0 Å². The number of aryl methyl sites for hydroxylation is 2. The van der Waals surface area contributed by atoms with Crippen molar-refractivity contribution >= 4 is 17.5 Å². The maximum absolute atomic E-state index is 9.51. The van der Waals surface area contributed by atoms with Crippen molar-refractivity contribution in [1.29, 1.82) is 5.26 Å². The molecule has 5 rings (SSSR count). The van der Waals surface area contributed by atoms with Crippen molar-refractivity contribution in [3.63, 3.8) is 0 Å². The summed E-state index contributed by atoms with van der Waals surface area (Å²) in [5.74, 6) is 3.42. The molecule has 2 aromatic rings. The van der Waals surface area contributed by atoms with Crippen molar-refractivity contribution in [3.05, 3.63) is 24.2 Å². The monoisotopic (exact) mass is 392 g/mol. The molecule has 4 heterocycles. The molecule has 2 aliphatic heterocycles. The molecule has 0 radical (unpaired) electrons. The van der Waals surface area contributed by atoms with Gasteiger partial charge >= 0.3 is 0 Å². The summed E-state index contributed by atoms with van der Waals surface area (Å²) >= 11 is 0. The van der Waals surface area contributed by atoms with E-state index in [0.717, 1.165) is 55.1 Å². The smallest absolute Gasteiger partial charge is 0.229 e. The van der Waals surface area contributed by atoms with E-state index in [2.05, 4.69) is 31.3 Å². The van der Waals surface area contributed by atoms with Crippen molar-refractivity contribution in [2.45, 2.75) is 38.1 Å². The molecule has 29 heavy (non-hydrogen) atoms. The number of nitriles is 1. The first-order valence-corrected chi connectivity index (χ1v) is 10.5. The molecule has 0 aromatic carbocycles. The standard InChI is InChI=1S/C21H28N8/c1-15-10-23-20(25-18-11-24-27(2)12-18)26-19(15)28-13-21(14-28,5-6-22)29-7-3-16-9-17(16)4-8-29/h10-12,16-17H,3-5,7-9,13-14H2,1-2H3,(H,23,25,26). The molecule has 1 N–H and O–H groups in total. The van der Waals surface area contributed by atoms with E-state index >= 15 is 0 Å². The summed E-state index contributed by atoms with van der Waals surface area (Å²) in [6.07, 6.45) is 10.1. The first-order chi connectivity index (χ1) is 14.1. The summed E-state index contributed by atoms with van der Waals surface area (Å²) in [5, 5.41) is 16.9. The van der Waals surface area contributed by atoms with Gasteiger partial charge in [0.05, 0.1) is 29.9 Å². The highest BCUT2D eigenvalue weighted by molar-refractivity contribution is 5.57. The summed E-state index contributed by atoms with van der Waals surface area (Å²) in [6, 6.07) is 2.46. The highest BCUT2D eigenvalue weighted by Crippen LogP contribution is 2.47. The Morgan fingerprint density at radius 2 is 2.00 bits per heavy atom. The fraction of sp³-hybridized carbons (Fsp3) is 0.619. The number of hydrogen-bond acceptors (Lipinski definition) is 7. The number of hydrogen-bond donors (Lipinski definition) is 1. The van der Waals surface area contributed by atoms with Gasteiger partial charge in [0.25, 0.3) is 0 Å². The minimum Gasteiger partial charge on any atom is -0.352 e. The highest BCUT2D eigenvalue weighted by atomic mass is 15.4. The molecule has 3 fully saturated rings. The molecule has 2 atom stereocenters. The Morgan fingerprint density at radius 3 is 2.66 bits per heavy atom. The summed E-state index contributed by atoms with van der Waals surface area (Å²) < 4.78 is 1.74. The summed E-state index contributed by atoms with van der Waals surface area (Å²) in [4.78, 5) is 14.1. The van der Waals surface area contributed by atoms with E-state index in [9.17, 15) is 5.26 Å². The molecule has 2 unspecified atom stereocenters. The predicted octanol–water partition coefficient (Wildman–Crippen LogP) is 2.47.